The fourth-order valence-corrected chi connectivity index (χ4v) is 1.91. The maximum Gasteiger partial charge on any atom is 0.268 e. The molecule has 0 radical (unpaired) electrons. The summed E-state index contributed by atoms with van der Waals surface area (Å²) < 4.78 is 28.0. The summed E-state index contributed by atoms with van der Waals surface area (Å²) in [5.41, 5.74) is 0.438. The lowest BCUT2D eigenvalue weighted by Crippen LogP contribution is -2.24. The number of rotatable bonds is 2. The number of hydrogen-bond donors (Lipinski definition) is 1. The van der Waals surface area contributed by atoms with Crippen LogP contribution < -0.4 is 0 Å². The predicted octanol–water partition coefficient (Wildman–Crippen LogP) is 1.74. The highest BCUT2D eigenvalue weighted by molar-refractivity contribution is 5.00. The van der Waals surface area contributed by atoms with E-state index in [0.29, 0.717) is 18.5 Å². The van der Waals surface area contributed by atoms with Crippen LogP contribution in [0, 0.1) is 0 Å². The van der Waals surface area contributed by atoms with Crippen LogP contribution in [-0.2, 0) is 6.61 Å². The molecule has 1 saturated carbocycles. The first-order valence-electron chi connectivity index (χ1n) is 4.64. The summed E-state index contributed by atoms with van der Waals surface area (Å²) >= 11 is 0. The van der Waals surface area contributed by atoms with Crippen molar-refractivity contribution in [1.29, 1.82) is 0 Å². The van der Waals surface area contributed by atoms with Gasteiger partial charge in [0.15, 0.2) is 0 Å². The Morgan fingerprint density at radius 3 is 2.93 bits per heavy atom. The maximum atomic E-state index is 13.3. The molecule has 1 unspecified atom stereocenters. The molecule has 1 aromatic rings. The van der Waals surface area contributed by atoms with Crippen molar-refractivity contribution >= 4 is 0 Å². The van der Waals surface area contributed by atoms with Crippen LogP contribution in [0.2, 0.25) is 0 Å². The van der Waals surface area contributed by atoms with Crippen LogP contribution in [0.4, 0.5) is 8.78 Å². The number of aliphatic hydroxyl groups is 1. The van der Waals surface area contributed by atoms with Crippen LogP contribution in [0.5, 0.6) is 0 Å². The average Bonchev–Trinajstić information content (AvgIpc) is 2.70. The van der Waals surface area contributed by atoms with Crippen molar-refractivity contribution < 1.29 is 13.9 Å². The molecule has 1 heterocycles. The summed E-state index contributed by atoms with van der Waals surface area (Å²) in [7, 11) is 0. The van der Waals surface area contributed by atoms with E-state index in [9.17, 15) is 8.78 Å². The van der Waals surface area contributed by atoms with Gasteiger partial charge in [0.2, 0.25) is 0 Å². The van der Waals surface area contributed by atoms with Crippen molar-refractivity contribution in [1.82, 2.24) is 9.55 Å². The van der Waals surface area contributed by atoms with E-state index in [2.05, 4.69) is 4.98 Å². The van der Waals surface area contributed by atoms with Crippen molar-refractivity contribution in [2.24, 2.45) is 0 Å². The van der Waals surface area contributed by atoms with E-state index < -0.39 is 12.0 Å². The molecule has 0 spiro atoms. The van der Waals surface area contributed by atoms with Gasteiger partial charge in [0.05, 0.1) is 24.7 Å². The van der Waals surface area contributed by atoms with E-state index in [1.807, 2.05) is 0 Å². The molecule has 14 heavy (non-hydrogen) atoms. The number of aliphatic hydroxyl groups excluding tert-OH is 1. The van der Waals surface area contributed by atoms with Crippen molar-refractivity contribution in [2.75, 3.05) is 0 Å². The van der Waals surface area contributed by atoms with Crippen LogP contribution in [0.25, 0.3) is 0 Å². The Balaban J connectivity index is 2.22. The Labute approximate surface area is 80.4 Å². The number of hydrogen-bond acceptors (Lipinski definition) is 2. The van der Waals surface area contributed by atoms with E-state index >= 15 is 0 Å². The molecule has 1 atom stereocenters. The molecule has 1 aliphatic carbocycles. The molecule has 0 aliphatic heterocycles. The SMILES string of the molecule is OCc1cn(C2CCCC2(F)F)cn1. The fourth-order valence-electron chi connectivity index (χ4n) is 1.91. The van der Waals surface area contributed by atoms with Gasteiger partial charge in [-0.2, -0.15) is 0 Å². The molecular weight excluding hydrogens is 190 g/mol. The number of imidazole rings is 1. The lowest BCUT2D eigenvalue weighted by Gasteiger charge is -2.19. The molecule has 1 fully saturated rings. The van der Waals surface area contributed by atoms with Crippen LogP contribution in [0.1, 0.15) is 31.0 Å². The minimum Gasteiger partial charge on any atom is -0.390 e. The lowest BCUT2D eigenvalue weighted by atomic mass is 10.2. The van der Waals surface area contributed by atoms with Gasteiger partial charge in [-0.3, -0.25) is 0 Å². The van der Waals surface area contributed by atoms with Crippen LogP contribution >= 0.6 is 0 Å². The summed E-state index contributed by atoms with van der Waals surface area (Å²) in [4.78, 5) is 3.82. The van der Waals surface area contributed by atoms with Gasteiger partial charge in [0, 0.05) is 12.6 Å². The highest BCUT2D eigenvalue weighted by Gasteiger charge is 2.44. The first kappa shape index (κ1) is 9.58. The number of halogens is 2. The smallest absolute Gasteiger partial charge is 0.268 e. The molecule has 0 aromatic carbocycles. The summed E-state index contributed by atoms with van der Waals surface area (Å²) in [6, 6.07) is -0.782. The Morgan fingerprint density at radius 2 is 2.43 bits per heavy atom. The average molecular weight is 202 g/mol. The molecular formula is C9H12F2N2O. The predicted molar refractivity (Wildman–Crippen MR) is 46.0 cm³/mol. The van der Waals surface area contributed by atoms with Gasteiger partial charge in [-0.05, 0) is 12.8 Å². The molecule has 0 bridgehead atoms. The Morgan fingerprint density at radius 1 is 1.64 bits per heavy atom. The minimum absolute atomic E-state index is 0.0513. The molecule has 1 aliphatic rings. The van der Waals surface area contributed by atoms with Gasteiger partial charge in [-0.25, -0.2) is 13.8 Å². The lowest BCUT2D eigenvalue weighted by molar-refractivity contribution is -0.0307. The third kappa shape index (κ3) is 1.52. The first-order chi connectivity index (χ1) is 6.63. The van der Waals surface area contributed by atoms with Crippen molar-refractivity contribution in [2.45, 2.75) is 37.8 Å². The van der Waals surface area contributed by atoms with E-state index in [4.69, 9.17) is 5.11 Å². The van der Waals surface area contributed by atoms with Crippen molar-refractivity contribution in [3.63, 3.8) is 0 Å². The molecule has 1 N–H and O–H groups in total. The first-order valence-corrected chi connectivity index (χ1v) is 4.64. The Kier molecular flexibility index (Phi) is 2.26. The van der Waals surface area contributed by atoms with Crippen LogP contribution in [0.3, 0.4) is 0 Å². The fraction of sp³-hybridized carbons (Fsp3) is 0.667. The third-order valence-corrected chi connectivity index (χ3v) is 2.65. The largest absolute Gasteiger partial charge is 0.390 e. The maximum absolute atomic E-state index is 13.3. The highest BCUT2D eigenvalue weighted by atomic mass is 19.3. The van der Waals surface area contributed by atoms with E-state index in [1.54, 1.807) is 0 Å². The summed E-state index contributed by atoms with van der Waals surface area (Å²) in [5.74, 6) is -2.63. The molecule has 0 saturated heterocycles. The van der Waals surface area contributed by atoms with Gasteiger partial charge in [-0.1, -0.05) is 0 Å². The summed E-state index contributed by atoms with van der Waals surface area (Å²) in [5, 5.41) is 8.76. The quantitative estimate of drug-likeness (QED) is 0.793. The van der Waals surface area contributed by atoms with Crippen molar-refractivity contribution in [3.8, 4) is 0 Å². The van der Waals surface area contributed by atoms with Crippen LogP contribution in [0.15, 0.2) is 12.5 Å². The standard InChI is InChI=1S/C9H12F2N2O/c10-9(11)3-1-2-8(9)13-4-7(5-14)12-6-13/h4,6,8,14H,1-3,5H2. The Hall–Kier alpha value is -0.970. The summed E-state index contributed by atoms with van der Waals surface area (Å²) in [6.45, 7) is -0.203. The van der Waals surface area contributed by atoms with Gasteiger partial charge >= 0.3 is 0 Å². The van der Waals surface area contributed by atoms with Gasteiger partial charge < -0.3 is 9.67 Å². The molecule has 3 nitrogen and oxygen atoms in total. The second kappa shape index (κ2) is 3.31. The summed E-state index contributed by atoms with van der Waals surface area (Å²) in [6.07, 6.45) is 3.84. The normalized spacial score (nSPS) is 25.5. The van der Waals surface area contributed by atoms with E-state index in [0.717, 1.165) is 0 Å². The minimum atomic E-state index is -2.63. The van der Waals surface area contributed by atoms with E-state index in [1.165, 1.54) is 17.1 Å². The van der Waals surface area contributed by atoms with Crippen molar-refractivity contribution in [3.05, 3.63) is 18.2 Å². The van der Waals surface area contributed by atoms with Gasteiger partial charge in [0.1, 0.15) is 0 Å². The highest BCUT2D eigenvalue weighted by Crippen LogP contribution is 2.43. The zero-order valence-corrected chi connectivity index (χ0v) is 7.66. The molecule has 1 aromatic heterocycles. The molecule has 78 valence electrons. The monoisotopic (exact) mass is 202 g/mol. The second-order valence-electron chi connectivity index (χ2n) is 3.64. The second-order valence-corrected chi connectivity index (χ2v) is 3.64. The van der Waals surface area contributed by atoms with E-state index in [-0.39, 0.29) is 13.0 Å². The van der Waals surface area contributed by atoms with Gasteiger partial charge in [0.25, 0.3) is 5.92 Å². The van der Waals surface area contributed by atoms with Gasteiger partial charge in [-0.15, -0.1) is 0 Å². The third-order valence-electron chi connectivity index (χ3n) is 2.65. The number of alkyl halides is 2. The zero-order chi connectivity index (χ0) is 10.2. The number of aromatic nitrogens is 2. The Bertz CT molecular complexity index is 324. The van der Waals surface area contributed by atoms with Crippen LogP contribution in [-0.4, -0.2) is 20.6 Å². The molecule has 2 rings (SSSR count). The zero-order valence-electron chi connectivity index (χ0n) is 7.66. The number of nitrogens with zero attached hydrogens (tertiary/aromatic N) is 2. The molecule has 5 heteroatoms. The molecule has 0 amide bonds. The topological polar surface area (TPSA) is 38.0 Å².